The molecule has 0 fully saturated rings. The minimum Gasteiger partial charge on any atom is -0.344 e. The van der Waals surface area contributed by atoms with Crippen molar-refractivity contribution in [3.8, 4) is 10.6 Å². The van der Waals surface area contributed by atoms with Crippen LogP contribution in [0.4, 0.5) is 9.52 Å². The molecule has 1 atom stereocenters. The molecule has 0 saturated carbocycles. The summed E-state index contributed by atoms with van der Waals surface area (Å²) in [6, 6.07) is 14.6. The predicted molar refractivity (Wildman–Crippen MR) is 124 cm³/mol. The number of nitrogens with one attached hydrogen (secondary N) is 2. The molecule has 1 aromatic heterocycles. The Labute approximate surface area is 190 Å². The largest absolute Gasteiger partial charge is 0.344 e. The molecule has 2 aromatic carbocycles. The quantitative estimate of drug-likeness (QED) is 0.383. The SMILES string of the molecule is NCCCCCC(=O)NC(Cc1ccccc1)C(=O)Nc1nnc(-c2ccc(F)cc2)s1. The van der Waals surface area contributed by atoms with E-state index in [0.29, 0.717) is 35.1 Å². The number of nitrogens with two attached hydrogens (primary N) is 1. The van der Waals surface area contributed by atoms with Crippen LogP contribution in [0.3, 0.4) is 0 Å². The van der Waals surface area contributed by atoms with Crippen LogP contribution in [0, 0.1) is 5.82 Å². The number of hydrogen-bond acceptors (Lipinski definition) is 6. The number of unbranched alkanes of at least 4 members (excludes halogenated alkanes) is 2. The molecule has 0 spiro atoms. The molecular weight excluding hydrogens is 429 g/mol. The first-order valence-corrected chi connectivity index (χ1v) is 11.3. The van der Waals surface area contributed by atoms with Crippen LogP contribution in [0.25, 0.3) is 10.6 Å². The first-order valence-electron chi connectivity index (χ1n) is 10.5. The number of anilines is 1. The van der Waals surface area contributed by atoms with Crippen LogP contribution in [0.2, 0.25) is 0 Å². The number of hydrogen-bond donors (Lipinski definition) is 3. The summed E-state index contributed by atoms with van der Waals surface area (Å²) in [4.78, 5) is 25.4. The monoisotopic (exact) mass is 455 g/mol. The van der Waals surface area contributed by atoms with Crippen LogP contribution in [-0.4, -0.2) is 34.6 Å². The summed E-state index contributed by atoms with van der Waals surface area (Å²) in [5, 5.41) is 14.5. The summed E-state index contributed by atoms with van der Waals surface area (Å²) in [6.45, 7) is 0.600. The van der Waals surface area contributed by atoms with Crippen molar-refractivity contribution in [3.63, 3.8) is 0 Å². The van der Waals surface area contributed by atoms with Gasteiger partial charge in [-0.25, -0.2) is 4.39 Å². The average Bonchev–Trinajstić information content (AvgIpc) is 3.26. The lowest BCUT2D eigenvalue weighted by atomic mass is 10.0. The maximum absolute atomic E-state index is 13.1. The van der Waals surface area contributed by atoms with Gasteiger partial charge in [-0.2, -0.15) is 0 Å². The molecule has 32 heavy (non-hydrogen) atoms. The molecule has 0 radical (unpaired) electrons. The summed E-state index contributed by atoms with van der Waals surface area (Å²) in [7, 11) is 0. The van der Waals surface area contributed by atoms with Gasteiger partial charge in [0.1, 0.15) is 16.9 Å². The Hall–Kier alpha value is -3.17. The highest BCUT2D eigenvalue weighted by atomic mass is 32.1. The van der Waals surface area contributed by atoms with E-state index in [1.807, 2.05) is 30.3 Å². The molecule has 0 saturated heterocycles. The minimum absolute atomic E-state index is 0.178. The molecule has 7 nitrogen and oxygen atoms in total. The van der Waals surface area contributed by atoms with E-state index in [4.69, 9.17) is 5.73 Å². The van der Waals surface area contributed by atoms with Gasteiger partial charge in [0, 0.05) is 18.4 Å². The summed E-state index contributed by atoms with van der Waals surface area (Å²) in [6.07, 6.45) is 3.15. The van der Waals surface area contributed by atoms with Crippen molar-refractivity contribution in [2.75, 3.05) is 11.9 Å². The molecule has 0 bridgehead atoms. The van der Waals surface area contributed by atoms with Crippen molar-refractivity contribution < 1.29 is 14.0 Å². The van der Waals surface area contributed by atoms with E-state index < -0.39 is 6.04 Å². The average molecular weight is 456 g/mol. The zero-order chi connectivity index (χ0) is 22.8. The van der Waals surface area contributed by atoms with Crippen molar-refractivity contribution >= 4 is 28.3 Å². The van der Waals surface area contributed by atoms with Gasteiger partial charge in [0.05, 0.1) is 0 Å². The third-order valence-electron chi connectivity index (χ3n) is 4.79. The lowest BCUT2D eigenvalue weighted by molar-refractivity contribution is -0.126. The zero-order valence-corrected chi connectivity index (χ0v) is 18.4. The van der Waals surface area contributed by atoms with Gasteiger partial charge >= 0.3 is 0 Å². The van der Waals surface area contributed by atoms with Gasteiger partial charge < -0.3 is 11.1 Å². The van der Waals surface area contributed by atoms with Gasteiger partial charge in [-0.05, 0) is 49.2 Å². The van der Waals surface area contributed by atoms with Crippen LogP contribution >= 0.6 is 11.3 Å². The molecule has 1 unspecified atom stereocenters. The van der Waals surface area contributed by atoms with Crippen molar-refractivity contribution in [1.82, 2.24) is 15.5 Å². The summed E-state index contributed by atoms with van der Waals surface area (Å²) < 4.78 is 13.1. The minimum atomic E-state index is -0.752. The number of aromatic nitrogens is 2. The van der Waals surface area contributed by atoms with E-state index >= 15 is 0 Å². The highest BCUT2D eigenvalue weighted by molar-refractivity contribution is 7.18. The van der Waals surface area contributed by atoms with E-state index in [9.17, 15) is 14.0 Å². The second-order valence-electron chi connectivity index (χ2n) is 7.32. The van der Waals surface area contributed by atoms with E-state index in [1.165, 1.54) is 23.5 Å². The maximum Gasteiger partial charge on any atom is 0.249 e. The molecular formula is C23H26FN5O2S. The molecule has 3 aromatic rings. The fraction of sp³-hybridized carbons (Fsp3) is 0.304. The normalized spacial score (nSPS) is 11.7. The standard InChI is InChI=1S/C23H26FN5O2S/c24-18-12-10-17(11-13-18)22-28-29-23(32-22)27-21(31)19(15-16-7-3-1-4-8-16)26-20(30)9-5-2-6-14-25/h1,3-4,7-8,10-13,19H,2,5-6,9,14-15,25H2,(H,26,30)(H,27,29,31). The number of benzene rings is 2. The van der Waals surface area contributed by atoms with Gasteiger partial charge in [0.25, 0.3) is 0 Å². The fourth-order valence-electron chi connectivity index (χ4n) is 3.11. The Kier molecular flexibility index (Phi) is 8.82. The van der Waals surface area contributed by atoms with Crippen molar-refractivity contribution in [2.24, 2.45) is 5.73 Å². The van der Waals surface area contributed by atoms with Crippen LogP contribution in [0.15, 0.2) is 54.6 Å². The molecule has 0 aliphatic heterocycles. The Balaban J connectivity index is 1.66. The van der Waals surface area contributed by atoms with Crippen LogP contribution in [-0.2, 0) is 16.0 Å². The molecule has 3 rings (SSSR count). The molecule has 9 heteroatoms. The smallest absolute Gasteiger partial charge is 0.249 e. The van der Waals surface area contributed by atoms with Crippen molar-refractivity contribution in [3.05, 3.63) is 66.0 Å². The molecule has 0 aliphatic rings. The number of carbonyl (C=O) groups excluding carboxylic acids is 2. The Morgan fingerprint density at radius 3 is 2.47 bits per heavy atom. The molecule has 4 N–H and O–H groups in total. The van der Waals surface area contributed by atoms with Gasteiger partial charge in [-0.15, -0.1) is 10.2 Å². The van der Waals surface area contributed by atoms with Crippen molar-refractivity contribution in [1.29, 1.82) is 0 Å². The molecule has 0 aliphatic carbocycles. The zero-order valence-electron chi connectivity index (χ0n) is 17.6. The van der Waals surface area contributed by atoms with Crippen LogP contribution in [0.1, 0.15) is 31.2 Å². The third-order valence-corrected chi connectivity index (χ3v) is 5.68. The molecule has 1 heterocycles. The van der Waals surface area contributed by atoms with Crippen LogP contribution < -0.4 is 16.4 Å². The van der Waals surface area contributed by atoms with Crippen molar-refractivity contribution in [2.45, 2.75) is 38.1 Å². The van der Waals surface area contributed by atoms with E-state index in [2.05, 4.69) is 20.8 Å². The predicted octanol–water partition coefficient (Wildman–Crippen LogP) is 3.53. The lowest BCUT2D eigenvalue weighted by Gasteiger charge is -2.18. The highest BCUT2D eigenvalue weighted by Gasteiger charge is 2.22. The number of carbonyl (C=O) groups is 2. The molecule has 168 valence electrons. The van der Waals surface area contributed by atoms with Gasteiger partial charge in [0.15, 0.2) is 0 Å². The van der Waals surface area contributed by atoms with E-state index in [0.717, 1.165) is 24.8 Å². The summed E-state index contributed by atoms with van der Waals surface area (Å²) in [5.74, 6) is -0.886. The topological polar surface area (TPSA) is 110 Å². The van der Waals surface area contributed by atoms with Crippen LogP contribution in [0.5, 0.6) is 0 Å². The highest BCUT2D eigenvalue weighted by Crippen LogP contribution is 2.26. The lowest BCUT2D eigenvalue weighted by Crippen LogP contribution is -2.45. The van der Waals surface area contributed by atoms with E-state index in [1.54, 1.807) is 12.1 Å². The maximum atomic E-state index is 13.1. The first-order chi connectivity index (χ1) is 15.5. The summed E-state index contributed by atoms with van der Waals surface area (Å²) >= 11 is 1.18. The second-order valence-corrected chi connectivity index (χ2v) is 8.30. The first kappa shape index (κ1) is 23.5. The van der Waals surface area contributed by atoms with Gasteiger partial charge in [-0.1, -0.05) is 48.1 Å². The number of amides is 2. The Morgan fingerprint density at radius 2 is 1.75 bits per heavy atom. The number of halogens is 1. The van der Waals surface area contributed by atoms with Gasteiger partial charge in [-0.3, -0.25) is 14.9 Å². The second kappa shape index (κ2) is 12.0. The fourth-order valence-corrected chi connectivity index (χ4v) is 3.86. The van der Waals surface area contributed by atoms with Gasteiger partial charge in [0.2, 0.25) is 16.9 Å². The number of rotatable bonds is 11. The van der Waals surface area contributed by atoms with E-state index in [-0.39, 0.29) is 17.6 Å². The number of nitrogens with zero attached hydrogens (tertiary/aromatic N) is 2. The Bertz CT molecular complexity index is 1010. The third kappa shape index (κ3) is 7.21. The molecule has 2 amide bonds. The Morgan fingerprint density at radius 1 is 1.00 bits per heavy atom. The summed E-state index contributed by atoms with van der Waals surface area (Å²) in [5.41, 5.74) is 7.13.